The third kappa shape index (κ3) is 3.83. The van der Waals surface area contributed by atoms with Gasteiger partial charge in [-0.05, 0) is 36.1 Å². The minimum absolute atomic E-state index is 0.326. The number of rotatable bonds is 2. The van der Waals surface area contributed by atoms with E-state index in [-0.39, 0.29) is 5.82 Å². The first-order chi connectivity index (χ1) is 11.2. The Morgan fingerprint density at radius 1 is 1.00 bits per heavy atom. The van der Waals surface area contributed by atoms with Crippen molar-refractivity contribution in [2.24, 2.45) is 0 Å². The summed E-state index contributed by atoms with van der Waals surface area (Å²) in [5.74, 6) is -0.326. The van der Waals surface area contributed by atoms with Gasteiger partial charge in [0.1, 0.15) is 5.82 Å². The standard InChI is InChI=1S/C18H15ClFN.C2H6/c1-12-10-11-14(13-6-3-2-4-7-13)18(21-12)17-15(19)8-5-9-16(17)20;1-2/h2-9,21H,1,10-11H2;1-2H3. The Bertz CT molecular complexity index is 699. The number of nitrogens with one attached hydrogen (secondary N) is 1. The highest BCUT2D eigenvalue weighted by atomic mass is 35.5. The molecule has 0 unspecified atom stereocenters. The maximum Gasteiger partial charge on any atom is 0.134 e. The van der Waals surface area contributed by atoms with E-state index in [0.717, 1.165) is 35.4 Å². The van der Waals surface area contributed by atoms with Crippen LogP contribution in [0.1, 0.15) is 37.8 Å². The SMILES string of the molecule is C=C1CCC(c2ccccc2)=C(c2c(F)cccc2Cl)N1.CC. The maximum absolute atomic E-state index is 14.3. The molecule has 2 aromatic carbocycles. The van der Waals surface area contributed by atoms with Gasteiger partial charge in [0.05, 0.1) is 16.3 Å². The van der Waals surface area contributed by atoms with Crippen LogP contribution in [0.3, 0.4) is 0 Å². The molecule has 1 aliphatic rings. The van der Waals surface area contributed by atoms with Crippen molar-refractivity contribution in [3.05, 3.63) is 82.8 Å². The van der Waals surface area contributed by atoms with Gasteiger partial charge in [0.25, 0.3) is 0 Å². The number of hydrogen-bond donors (Lipinski definition) is 1. The number of hydrogen-bond acceptors (Lipinski definition) is 1. The van der Waals surface area contributed by atoms with Crippen molar-refractivity contribution in [2.45, 2.75) is 26.7 Å². The first-order valence-electron chi connectivity index (χ1n) is 7.84. The van der Waals surface area contributed by atoms with Crippen LogP contribution in [0, 0.1) is 5.82 Å². The third-order valence-corrected chi connectivity index (χ3v) is 3.93. The van der Waals surface area contributed by atoms with Gasteiger partial charge in [0, 0.05) is 5.70 Å². The summed E-state index contributed by atoms with van der Waals surface area (Å²) in [7, 11) is 0. The molecule has 0 aromatic heterocycles. The minimum Gasteiger partial charge on any atom is -0.359 e. The smallest absolute Gasteiger partial charge is 0.134 e. The Morgan fingerprint density at radius 2 is 1.70 bits per heavy atom. The average Bonchev–Trinajstić information content (AvgIpc) is 2.57. The van der Waals surface area contributed by atoms with E-state index in [1.54, 1.807) is 12.1 Å². The van der Waals surface area contributed by atoms with Crippen LogP contribution in [0.15, 0.2) is 60.8 Å². The van der Waals surface area contributed by atoms with Crippen molar-refractivity contribution in [3.63, 3.8) is 0 Å². The fourth-order valence-corrected chi connectivity index (χ4v) is 2.85. The summed E-state index contributed by atoms with van der Waals surface area (Å²) in [4.78, 5) is 0. The molecule has 0 fully saturated rings. The highest BCUT2D eigenvalue weighted by molar-refractivity contribution is 6.32. The molecule has 0 saturated heterocycles. The van der Waals surface area contributed by atoms with Gasteiger partial charge in [-0.25, -0.2) is 4.39 Å². The van der Waals surface area contributed by atoms with Crippen molar-refractivity contribution in [1.29, 1.82) is 0 Å². The molecule has 0 bridgehead atoms. The lowest BCUT2D eigenvalue weighted by Gasteiger charge is -2.25. The lowest BCUT2D eigenvalue weighted by atomic mass is 9.92. The van der Waals surface area contributed by atoms with Crippen LogP contribution < -0.4 is 5.32 Å². The first-order valence-corrected chi connectivity index (χ1v) is 8.22. The fraction of sp³-hybridized carbons (Fsp3) is 0.200. The second-order valence-corrected chi connectivity index (χ2v) is 5.45. The number of allylic oxidation sites excluding steroid dienone is 2. The second-order valence-electron chi connectivity index (χ2n) is 5.04. The molecule has 1 heterocycles. The predicted octanol–water partition coefficient (Wildman–Crippen LogP) is 6.27. The Hall–Kier alpha value is -2.06. The maximum atomic E-state index is 14.3. The zero-order valence-electron chi connectivity index (χ0n) is 13.5. The van der Waals surface area contributed by atoms with Gasteiger partial charge in [-0.1, -0.05) is 68.4 Å². The van der Waals surface area contributed by atoms with Gasteiger partial charge in [-0.2, -0.15) is 0 Å². The van der Waals surface area contributed by atoms with E-state index in [2.05, 4.69) is 11.9 Å². The predicted molar refractivity (Wildman–Crippen MR) is 97.5 cm³/mol. The van der Waals surface area contributed by atoms with Gasteiger partial charge < -0.3 is 5.32 Å². The highest BCUT2D eigenvalue weighted by Gasteiger charge is 2.21. The molecule has 0 aliphatic carbocycles. The van der Waals surface area contributed by atoms with Crippen LogP contribution in [0.25, 0.3) is 11.3 Å². The van der Waals surface area contributed by atoms with Crippen LogP contribution in [0.4, 0.5) is 4.39 Å². The van der Waals surface area contributed by atoms with Crippen molar-refractivity contribution < 1.29 is 4.39 Å². The Balaban J connectivity index is 0.000000924. The largest absolute Gasteiger partial charge is 0.359 e. The number of halogens is 2. The molecule has 3 heteroatoms. The molecule has 2 aromatic rings. The Kier molecular flexibility index (Phi) is 6.00. The molecule has 1 aliphatic heterocycles. The highest BCUT2D eigenvalue weighted by Crippen LogP contribution is 2.37. The second kappa shape index (κ2) is 7.98. The van der Waals surface area contributed by atoms with Crippen LogP contribution in [0.5, 0.6) is 0 Å². The summed E-state index contributed by atoms with van der Waals surface area (Å²) in [6.07, 6.45) is 1.65. The topological polar surface area (TPSA) is 12.0 Å². The molecule has 0 saturated carbocycles. The van der Waals surface area contributed by atoms with Crippen LogP contribution in [-0.4, -0.2) is 0 Å². The molecule has 1 nitrogen and oxygen atoms in total. The molecule has 3 rings (SSSR count). The van der Waals surface area contributed by atoms with Crippen LogP contribution in [-0.2, 0) is 0 Å². The first kappa shape index (κ1) is 17.3. The van der Waals surface area contributed by atoms with E-state index in [1.807, 2.05) is 44.2 Å². The molecule has 0 radical (unpaired) electrons. The van der Waals surface area contributed by atoms with Crippen LogP contribution >= 0.6 is 11.6 Å². The average molecular weight is 330 g/mol. The number of benzene rings is 2. The summed E-state index contributed by atoms with van der Waals surface area (Å²) in [6, 6.07) is 14.7. The van der Waals surface area contributed by atoms with Crippen molar-refractivity contribution in [3.8, 4) is 0 Å². The summed E-state index contributed by atoms with van der Waals surface area (Å²) in [5.41, 5.74) is 4.16. The molecule has 0 spiro atoms. The summed E-state index contributed by atoms with van der Waals surface area (Å²) >= 11 is 6.22. The van der Waals surface area contributed by atoms with Gasteiger partial charge in [0.2, 0.25) is 0 Å². The molecule has 1 N–H and O–H groups in total. The van der Waals surface area contributed by atoms with E-state index < -0.39 is 0 Å². The summed E-state index contributed by atoms with van der Waals surface area (Å²) in [5, 5.41) is 3.63. The molecule has 0 amide bonds. The van der Waals surface area contributed by atoms with Gasteiger partial charge in [-0.15, -0.1) is 0 Å². The molecule has 120 valence electrons. The lowest BCUT2D eigenvalue weighted by molar-refractivity contribution is 0.622. The normalized spacial score (nSPS) is 14.0. The quantitative estimate of drug-likeness (QED) is 0.684. The fourth-order valence-electron chi connectivity index (χ4n) is 2.59. The minimum atomic E-state index is -0.326. The molecular weight excluding hydrogens is 309 g/mol. The van der Waals surface area contributed by atoms with E-state index >= 15 is 0 Å². The van der Waals surface area contributed by atoms with E-state index in [1.165, 1.54) is 6.07 Å². The lowest BCUT2D eigenvalue weighted by Crippen LogP contribution is -2.19. The zero-order valence-corrected chi connectivity index (χ0v) is 14.3. The van der Waals surface area contributed by atoms with Crippen LogP contribution in [0.2, 0.25) is 5.02 Å². The van der Waals surface area contributed by atoms with E-state index in [9.17, 15) is 4.39 Å². The van der Waals surface area contributed by atoms with E-state index in [4.69, 9.17) is 11.6 Å². The molecule has 0 atom stereocenters. The van der Waals surface area contributed by atoms with Crippen molar-refractivity contribution in [2.75, 3.05) is 0 Å². The summed E-state index contributed by atoms with van der Waals surface area (Å²) in [6.45, 7) is 7.97. The summed E-state index contributed by atoms with van der Waals surface area (Å²) < 4.78 is 14.3. The van der Waals surface area contributed by atoms with E-state index in [0.29, 0.717) is 10.6 Å². The van der Waals surface area contributed by atoms with Gasteiger partial charge >= 0.3 is 0 Å². The van der Waals surface area contributed by atoms with Crippen molar-refractivity contribution in [1.82, 2.24) is 5.32 Å². The third-order valence-electron chi connectivity index (χ3n) is 3.62. The van der Waals surface area contributed by atoms with Gasteiger partial charge in [-0.3, -0.25) is 0 Å². The van der Waals surface area contributed by atoms with Gasteiger partial charge in [0.15, 0.2) is 0 Å². The Morgan fingerprint density at radius 3 is 2.35 bits per heavy atom. The Labute approximate surface area is 142 Å². The zero-order chi connectivity index (χ0) is 16.8. The molecule has 23 heavy (non-hydrogen) atoms. The monoisotopic (exact) mass is 329 g/mol. The molecular formula is C20H21ClFN. The van der Waals surface area contributed by atoms with Crippen molar-refractivity contribution >= 4 is 22.9 Å².